The Morgan fingerprint density at radius 2 is 1.68 bits per heavy atom. The quantitative estimate of drug-likeness (QED) is 0.311. The number of ether oxygens (including phenoxy) is 1. The highest BCUT2D eigenvalue weighted by Crippen LogP contribution is 2.34. The number of amides is 2. The van der Waals surface area contributed by atoms with E-state index in [-0.39, 0.29) is 17.4 Å². The van der Waals surface area contributed by atoms with Crippen LogP contribution < -0.4 is 10.5 Å². The largest absolute Gasteiger partial charge is 0.457 e. The van der Waals surface area contributed by atoms with Gasteiger partial charge in [-0.05, 0) is 66.8 Å². The first-order chi connectivity index (χ1) is 18.0. The topological polar surface area (TPSA) is 114 Å². The van der Waals surface area contributed by atoms with Gasteiger partial charge in [-0.3, -0.25) is 14.0 Å². The standard InChI is InChI=1S/C29H25N5O3/c1-19(18-30)29(36)33-16-13-20(14-17-33)24-8-5-15-34-26(27(31)35)25(32-28(24)34)21-9-11-23(12-10-21)37-22-6-3-2-4-7-22/h2-12,15,20H,1,13-14,16-17H2,(H2,31,35). The van der Waals surface area contributed by atoms with Crippen LogP contribution in [0.3, 0.4) is 0 Å². The maximum absolute atomic E-state index is 12.5. The van der Waals surface area contributed by atoms with Crippen LogP contribution >= 0.6 is 0 Å². The fourth-order valence-corrected chi connectivity index (χ4v) is 4.78. The molecule has 8 heteroatoms. The lowest BCUT2D eigenvalue weighted by molar-refractivity contribution is -0.127. The fourth-order valence-electron chi connectivity index (χ4n) is 4.78. The van der Waals surface area contributed by atoms with Crippen molar-refractivity contribution in [3.63, 3.8) is 0 Å². The van der Waals surface area contributed by atoms with Gasteiger partial charge in [0.25, 0.3) is 11.8 Å². The lowest BCUT2D eigenvalue weighted by Gasteiger charge is -2.32. The molecule has 0 unspecified atom stereocenters. The van der Waals surface area contributed by atoms with E-state index in [1.54, 1.807) is 15.5 Å². The Balaban J connectivity index is 1.44. The summed E-state index contributed by atoms with van der Waals surface area (Å²) in [6.07, 6.45) is 3.21. The molecule has 0 aliphatic carbocycles. The minimum Gasteiger partial charge on any atom is -0.457 e. The third kappa shape index (κ3) is 4.67. The highest BCUT2D eigenvalue weighted by atomic mass is 16.5. The number of piperidine rings is 1. The van der Waals surface area contributed by atoms with Gasteiger partial charge in [-0.1, -0.05) is 30.8 Å². The monoisotopic (exact) mass is 491 g/mol. The number of carbonyl (C=O) groups excluding carboxylic acids is 2. The molecule has 0 bridgehead atoms. The molecule has 1 aliphatic rings. The first-order valence-corrected chi connectivity index (χ1v) is 12.0. The van der Waals surface area contributed by atoms with E-state index in [1.807, 2.05) is 72.8 Å². The van der Waals surface area contributed by atoms with E-state index in [0.717, 1.165) is 16.9 Å². The number of imidazole rings is 1. The smallest absolute Gasteiger partial charge is 0.268 e. The second-order valence-corrected chi connectivity index (χ2v) is 8.93. The molecule has 4 aromatic rings. The van der Waals surface area contributed by atoms with E-state index in [1.165, 1.54) is 0 Å². The first-order valence-electron chi connectivity index (χ1n) is 12.0. The predicted octanol–water partition coefficient (Wildman–Crippen LogP) is 4.68. The highest BCUT2D eigenvalue weighted by Gasteiger charge is 2.28. The predicted molar refractivity (Wildman–Crippen MR) is 139 cm³/mol. The van der Waals surface area contributed by atoms with Crippen molar-refractivity contribution >= 4 is 17.5 Å². The van der Waals surface area contributed by atoms with Crippen LogP contribution in [0.2, 0.25) is 0 Å². The van der Waals surface area contributed by atoms with Crippen molar-refractivity contribution in [2.24, 2.45) is 5.73 Å². The average Bonchev–Trinajstić information content (AvgIpc) is 3.33. The Labute approximate surface area is 214 Å². The third-order valence-electron chi connectivity index (χ3n) is 6.64. The molecule has 0 saturated carbocycles. The summed E-state index contributed by atoms with van der Waals surface area (Å²) in [7, 11) is 0. The van der Waals surface area contributed by atoms with Gasteiger partial charge in [0.2, 0.25) is 0 Å². The van der Waals surface area contributed by atoms with E-state index in [9.17, 15) is 9.59 Å². The third-order valence-corrected chi connectivity index (χ3v) is 6.64. The van der Waals surface area contributed by atoms with Gasteiger partial charge in [0.05, 0.1) is 0 Å². The number of primary amides is 1. The zero-order valence-electron chi connectivity index (χ0n) is 20.1. The molecule has 0 radical (unpaired) electrons. The van der Waals surface area contributed by atoms with Crippen molar-refractivity contribution in [1.29, 1.82) is 5.26 Å². The molecule has 1 saturated heterocycles. The maximum Gasteiger partial charge on any atom is 0.268 e. The molecule has 37 heavy (non-hydrogen) atoms. The van der Waals surface area contributed by atoms with Crippen molar-refractivity contribution < 1.29 is 14.3 Å². The summed E-state index contributed by atoms with van der Waals surface area (Å²) in [5, 5.41) is 8.98. The van der Waals surface area contributed by atoms with E-state index in [4.69, 9.17) is 20.7 Å². The van der Waals surface area contributed by atoms with Crippen LogP contribution in [0.15, 0.2) is 85.1 Å². The Kier molecular flexibility index (Phi) is 6.43. The van der Waals surface area contributed by atoms with Gasteiger partial charge in [0, 0.05) is 24.8 Å². The van der Waals surface area contributed by atoms with Crippen molar-refractivity contribution in [2.45, 2.75) is 18.8 Å². The SMILES string of the molecule is C=C(C#N)C(=O)N1CCC(c2cccn3c(C(N)=O)c(-c4ccc(Oc5ccccc5)cc4)nc23)CC1. The van der Waals surface area contributed by atoms with Crippen LogP contribution in [0.1, 0.15) is 34.8 Å². The molecule has 5 rings (SSSR count). The Morgan fingerprint density at radius 3 is 2.32 bits per heavy atom. The van der Waals surface area contributed by atoms with Crippen LogP contribution in [-0.4, -0.2) is 39.2 Å². The second-order valence-electron chi connectivity index (χ2n) is 8.93. The molecule has 1 aliphatic heterocycles. The van der Waals surface area contributed by atoms with Gasteiger partial charge in [0.15, 0.2) is 0 Å². The van der Waals surface area contributed by atoms with Crippen molar-refractivity contribution in [1.82, 2.24) is 14.3 Å². The number of benzene rings is 2. The molecule has 2 aromatic carbocycles. The Morgan fingerprint density at radius 1 is 1.00 bits per heavy atom. The van der Waals surface area contributed by atoms with Gasteiger partial charge in [-0.15, -0.1) is 0 Å². The van der Waals surface area contributed by atoms with Crippen LogP contribution in [-0.2, 0) is 4.79 Å². The van der Waals surface area contributed by atoms with E-state index >= 15 is 0 Å². The van der Waals surface area contributed by atoms with E-state index < -0.39 is 5.91 Å². The lowest BCUT2D eigenvalue weighted by atomic mass is 9.89. The van der Waals surface area contributed by atoms with Crippen LogP contribution in [0.5, 0.6) is 11.5 Å². The van der Waals surface area contributed by atoms with E-state index in [0.29, 0.717) is 48.7 Å². The number of carbonyl (C=O) groups is 2. The molecule has 2 N–H and O–H groups in total. The molecular weight excluding hydrogens is 466 g/mol. The number of nitrogens with zero attached hydrogens (tertiary/aromatic N) is 4. The number of hydrogen-bond acceptors (Lipinski definition) is 5. The summed E-state index contributed by atoms with van der Waals surface area (Å²) in [5.41, 5.74) is 8.99. The summed E-state index contributed by atoms with van der Waals surface area (Å²) in [5.74, 6) is 0.647. The van der Waals surface area contributed by atoms with Gasteiger partial charge in [-0.2, -0.15) is 5.26 Å². The molecule has 0 spiro atoms. The first kappa shape index (κ1) is 23.8. The number of nitrogens with two attached hydrogens (primary N) is 1. The zero-order chi connectivity index (χ0) is 25.9. The van der Waals surface area contributed by atoms with Crippen LogP contribution in [0.25, 0.3) is 16.9 Å². The zero-order valence-corrected chi connectivity index (χ0v) is 20.1. The Bertz CT molecular complexity index is 1530. The molecule has 2 amide bonds. The molecule has 8 nitrogen and oxygen atoms in total. The summed E-state index contributed by atoms with van der Waals surface area (Å²) >= 11 is 0. The molecule has 184 valence electrons. The molecule has 2 aromatic heterocycles. The van der Waals surface area contributed by atoms with E-state index in [2.05, 4.69) is 6.58 Å². The van der Waals surface area contributed by atoms with Gasteiger partial charge >= 0.3 is 0 Å². The van der Waals surface area contributed by atoms with Gasteiger partial charge < -0.3 is 15.4 Å². The summed E-state index contributed by atoms with van der Waals surface area (Å²) in [4.78, 5) is 31.4. The number of rotatable bonds is 6. The molecular formula is C29H25N5O3. The highest BCUT2D eigenvalue weighted by molar-refractivity contribution is 5.99. The number of pyridine rings is 1. The van der Waals surface area contributed by atoms with Gasteiger partial charge in [0.1, 0.15) is 40.2 Å². The fraction of sp³-hybridized carbons (Fsp3) is 0.172. The number of likely N-dealkylation sites (tertiary alicyclic amines) is 1. The average molecular weight is 492 g/mol. The van der Waals surface area contributed by atoms with Gasteiger partial charge in [-0.25, -0.2) is 4.98 Å². The summed E-state index contributed by atoms with van der Waals surface area (Å²) in [6.45, 7) is 4.57. The molecule has 0 atom stereocenters. The number of aromatic nitrogens is 2. The summed E-state index contributed by atoms with van der Waals surface area (Å²) < 4.78 is 7.63. The lowest BCUT2D eigenvalue weighted by Crippen LogP contribution is -2.38. The number of para-hydroxylation sites is 1. The van der Waals surface area contributed by atoms with Crippen molar-refractivity contribution in [3.8, 4) is 28.8 Å². The summed E-state index contributed by atoms with van der Waals surface area (Å²) in [6, 6.07) is 22.6. The normalized spacial score (nSPS) is 13.8. The molecule has 3 heterocycles. The second kappa shape index (κ2) is 9.99. The van der Waals surface area contributed by atoms with Crippen LogP contribution in [0.4, 0.5) is 0 Å². The minimum absolute atomic E-state index is 0.0512. The number of hydrogen-bond donors (Lipinski definition) is 1. The van der Waals surface area contributed by atoms with Crippen LogP contribution in [0, 0.1) is 11.3 Å². The molecule has 1 fully saturated rings. The van der Waals surface area contributed by atoms with Crippen molar-refractivity contribution in [2.75, 3.05) is 13.1 Å². The Hall–Kier alpha value is -4.90. The number of nitriles is 1. The minimum atomic E-state index is -0.570. The maximum atomic E-state index is 12.5. The number of fused-ring (bicyclic) bond motifs is 1. The van der Waals surface area contributed by atoms with Crippen molar-refractivity contribution in [3.05, 3.63) is 96.3 Å².